The highest BCUT2D eigenvalue weighted by Gasteiger charge is 2.05. The Balaban J connectivity index is 2.58. The van der Waals surface area contributed by atoms with Crippen molar-refractivity contribution in [3.05, 3.63) is 35.4 Å². The SMILES string of the molecule is CSCCN(C)Cc1ccccc1CNC(C)C. The van der Waals surface area contributed by atoms with Crippen LogP contribution < -0.4 is 5.32 Å². The second kappa shape index (κ2) is 8.57. The van der Waals surface area contributed by atoms with Crippen LogP contribution in [-0.2, 0) is 13.1 Å². The van der Waals surface area contributed by atoms with E-state index in [0.29, 0.717) is 6.04 Å². The molecule has 0 aliphatic carbocycles. The first-order chi connectivity index (χ1) is 8.63. The van der Waals surface area contributed by atoms with Crippen LogP contribution in [0, 0.1) is 0 Å². The van der Waals surface area contributed by atoms with Gasteiger partial charge in [-0.05, 0) is 24.4 Å². The average molecular weight is 266 g/mol. The van der Waals surface area contributed by atoms with E-state index in [9.17, 15) is 0 Å². The third kappa shape index (κ3) is 5.89. The lowest BCUT2D eigenvalue weighted by molar-refractivity contribution is 0.347. The fourth-order valence-corrected chi connectivity index (χ4v) is 2.31. The summed E-state index contributed by atoms with van der Waals surface area (Å²) in [6, 6.07) is 9.27. The molecule has 0 heterocycles. The molecule has 1 N–H and O–H groups in total. The van der Waals surface area contributed by atoms with E-state index in [2.05, 4.69) is 61.6 Å². The molecule has 18 heavy (non-hydrogen) atoms. The first-order valence-corrected chi connectivity index (χ1v) is 8.00. The van der Waals surface area contributed by atoms with E-state index in [0.717, 1.165) is 19.6 Å². The summed E-state index contributed by atoms with van der Waals surface area (Å²) in [6.07, 6.45) is 2.16. The fourth-order valence-electron chi connectivity index (χ4n) is 1.82. The van der Waals surface area contributed by atoms with E-state index in [-0.39, 0.29) is 0 Å². The van der Waals surface area contributed by atoms with Gasteiger partial charge in [0.15, 0.2) is 0 Å². The molecule has 0 unspecified atom stereocenters. The number of rotatable bonds is 8. The summed E-state index contributed by atoms with van der Waals surface area (Å²) in [5.41, 5.74) is 2.86. The maximum atomic E-state index is 3.50. The topological polar surface area (TPSA) is 15.3 Å². The monoisotopic (exact) mass is 266 g/mol. The molecular weight excluding hydrogens is 240 g/mol. The normalized spacial score (nSPS) is 11.4. The molecule has 0 bridgehead atoms. The zero-order valence-electron chi connectivity index (χ0n) is 12.1. The Labute approximate surface area is 116 Å². The number of nitrogens with zero attached hydrogens (tertiary/aromatic N) is 1. The Bertz CT molecular complexity index is 339. The molecule has 0 amide bonds. The summed E-state index contributed by atoms with van der Waals surface area (Å²) in [5, 5.41) is 3.50. The van der Waals surface area contributed by atoms with Gasteiger partial charge in [0.05, 0.1) is 0 Å². The van der Waals surface area contributed by atoms with Gasteiger partial charge in [0.25, 0.3) is 0 Å². The minimum atomic E-state index is 0.535. The van der Waals surface area contributed by atoms with Gasteiger partial charge in [-0.1, -0.05) is 38.1 Å². The maximum Gasteiger partial charge on any atom is 0.0234 e. The van der Waals surface area contributed by atoms with Gasteiger partial charge in [0.2, 0.25) is 0 Å². The van der Waals surface area contributed by atoms with Crippen LogP contribution in [0.25, 0.3) is 0 Å². The fraction of sp³-hybridized carbons (Fsp3) is 0.600. The Morgan fingerprint density at radius 1 is 1.22 bits per heavy atom. The van der Waals surface area contributed by atoms with Crippen LogP contribution in [0.2, 0.25) is 0 Å². The van der Waals surface area contributed by atoms with Gasteiger partial charge in [-0.3, -0.25) is 0 Å². The predicted octanol–water partition coefficient (Wildman–Crippen LogP) is 2.98. The Morgan fingerprint density at radius 2 is 1.89 bits per heavy atom. The molecule has 0 saturated heterocycles. The van der Waals surface area contributed by atoms with Crippen molar-refractivity contribution in [2.24, 2.45) is 0 Å². The quantitative estimate of drug-likeness (QED) is 0.779. The highest BCUT2D eigenvalue weighted by atomic mass is 32.2. The molecule has 0 aliphatic heterocycles. The second-order valence-corrected chi connectivity index (χ2v) is 6.02. The lowest BCUT2D eigenvalue weighted by Crippen LogP contribution is -2.25. The third-order valence-electron chi connectivity index (χ3n) is 2.94. The van der Waals surface area contributed by atoms with Gasteiger partial charge in [-0.2, -0.15) is 11.8 Å². The average Bonchev–Trinajstić information content (AvgIpc) is 2.35. The number of nitrogens with one attached hydrogen (secondary N) is 1. The standard InChI is InChI=1S/C15H26N2S/c1-13(2)16-11-14-7-5-6-8-15(14)12-17(3)9-10-18-4/h5-8,13,16H,9-12H2,1-4H3. The molecule has 102 valence electrons. The summed E-state index contributed by atoms with van der Waals surface area (Å²) in [7, 11) is 2.20. The molecule has 1 aromatic rings. The van der Waals surface area contributed by atoms with Gasteiger partial charge in [-0.15, -0.1) is 0 Å². The Kier molecular flexibility index (Phi) is 7.40. The van der Waals surface area contributed by atoms with Gasteiger partial charge in [0.1, 0.15) is 0 Å². The summed E-state index contributed by atoms with van der Waals surface area (Å²) in [5.74, 6) is 1.20. The first-order valence-electron chi connectivity index (χ1n) is 6.61. The molecule has 0 atom stereocenters. The van der Waals surface area contributed by atoms with Crippen LogP contribution >= 0.6 is 11.8 Å². The van der Waals surface area contributed by atoms with Crippen molar-refractivity contribution in [3.63, 3.8) is 0 Å². The molecule has 0 radical (unpaired) electrons. The van der Waals surface area contributed by atoms with Crippen LogP contribution in [0.3, 0.4) is 0 Å². The Hall–Kier alpha value is -0.510. The molecule has 2 nitrogen and oxygen atoms in total. The van der Waals surface area contributed by atoms with Crippen LogP contribution in [-0.4, -0.2) is 36.5 Å². The minimum absolute atomic E-state index is 0.535. The van der Waals surface area contributed by atoms with Crippen molar-refractivity contribution >= 4 is 11.8 Å². The number of hydrogen-bond donors (Lipinski definition) is 1. The van der Waals surface area contributed by atoms with E-state index in [1.54, 1.807) is 0 Å². The van der Waals surface area contributed by atoms with Crippen LogP contribution in [0.1, 0.15) is 25.0 Å². The molecule has 0 aliphatic rings. The predicted molar refractivity (Wildman–Crippen MR) is 83.1 cm³/mol. The summed E-state index contributed by atoms with van der Waals surface area (Å²) in [4.78, 5) is 2.39. The number of benzene rings is 1. The lowest BCUT2D eigenvalue weighted by Gasteiger charge is -2.19. The van der Waals surface area contributed by atoms with Crippen molar-refractivity contribution in [3.8, 4) is 0 Å². The van der Waals surface area contributed by atoms with E-state index >= 15 is 0 Å². The smallest absolute Gasteiger partial charge is 0.0234 e. The van der Waals surface area contributed by atoms with E-state index in [1.165, 1.54) is 16.9 Å². The molecule has 3 heteroatoms. The van der Waals surface area contributed by atoms with Crippen LogP contribution in [0.5, 0.6) is 0 Å². The molecular formula is C15H26N2S. The van der Waals surface area contributed by atoms with Crippen molar-refractivity contribution in [1.29, 1.82) is 0 Å². The third-order valence-corrected chi connectivity index (χ3v) is 3.53. The zero-order valence-corrected chi connectivity index (χ0v) is 12.9. The van der Waals surface area contributed by atoms with Gasteiger partial charge < -0.3 is 10.2 Å². The summed E-state index contributed by atoms with van der Waals surface area (Å²) in [6.45, 7) is 7.52. The maximum absolute atomic E-state index is 3.50. The highest BCUT2D eigenvalue weighted by molar-refractivity contribution is 7.98. The van der Waals surface area contributed by atoms with E-state index < -0.39 is 0 Å². The van der Waals surface area contributed by atoms with E-state index in [4.69, 9.17) is 0 Å². The minimum Gasteiger partial charge on any atom is -0.310 e. The molecule has 1 aromatic carbocycles. The van der Waals surface area contributed by atoms with Crippen molar-refractivity contribution in [1.82, 2.24) is 10.2 Å². The largest absolute Gasteiger partial charge is 0.310 e. The van der Waals surface area contributed by atoms with Crippen molar-refractivity contribution < 1.29 is 0 Å². The van der Waals surface area contributed by atoms with E-state index in [1.807, 2.05) is 11.8 Å². The summed E-state index contributed by atoms with van der Waals surface area (Å²) >= 11 is 1.90. The molecule has 0 saturated carbocycles. The van der Waals surface area contributed by atoms with Gasteiger partial charge >= 0.3 is 0 Å². The number of hydrogen-bond acceptors (Lipinski definition) is 3. The molecule has 1 rings (SSSR count). The Morgan fingerprint density at radius 3 is 2.50 bits per heavy atom. The zero-order chi connectivity index (χ0) is 13.4. The van der Waals surface area contributed by atoms with Crippen LogP contribution in [0.4, 0.5) is 0 Å². The van der Waals surface area contributed by atoms with Crippen molar-refractivity contribution in [2.75, 3.05) is 25.6 Å². The lowest BCUT2D eigenvalue weighted by atomic mass is 10.1. The first kappa shape index (κ1) is 15.5. The van der Waals surface area contributed by atoms with Gasteiger partial charge in [-0.25, -0.2) is 0 Å². The van der Waals surface area contributed by atoms with Crippen LogP contribution in [0.15, 0.2) is 24.3 Å². The second-order valence-electron chi connectivity index (χ2n) is 5.03. The molecule has 0 spiro atoms. The van der Waals surface area contributed by atoms with Gasteiger partial charge in [0, 0.05) is 31.4 Å². The molecule has 0 aromatic heterocycles. The summed E-state index contributed by atoms with van der Waals surface area (Å²) < 4.78 is 0. The highest BCUT2D eigenvalue weighted by Crippen LogP contribution is 2.11. The molecule has 0 fully saturated rings. The number of thioether (sulfide) groups is 1. The van der Waals surface area contributed by atoms with Crippen molar-refractivity contribution in [2.45, 2.75) is 33.0 Å².